The van der Waals surface area contributed by atoms with Gasteiger partial charge in [0, 0.05) is 23.7 Å². The van der Waals surface area contributed by atoms with Gasteiger partial charge in [-0.05, 0) is 44.0 Å². The summed E-state index contributed by atoms with van der Waals surface area (Å²) in [6, 6.07) is 10.0. The summed E-state index contributed by atoms with van der Waals surface area (Å²) >= 11 is 0. The van der Waals surface area contributed by atoms with E-state index in [1.807, 2.05) is 26.0 Å². The lowest BCUT2D eigenvalue weighted by Crippen LogP contribution is -2.29. The lowest BCUT2D eigenvalue weighted by molar-refractivity contribution is -0.114. The maximum absolute atomic E-state index is 13.5. The summed E-state index contributed by atoms with van der Waals surface area (Å²) in [7, 11) is 2.90. The van der Waals surface area contributed by atoms with Crippen LogP contribution in [0.2, 0.25) is 0 Å². The number of carbonyl (C=O) groups is 1. The average molecular weight is 385 g/mol. The van der Waals surface area contributed by atoms with Gasteiger partial charge in [0.1, 0.15) is 19.5 Å². The van der Waals surface area contributed by atoms with Crippen LogP contribution in [0.5, 0.6) is 0 Å². The number of hydrogen-bond acceptors (Lipinski definition) is 5. The number of nitrogens with zero attached hydrogens (tertiary/aromatic N) is 2. The fraction of sp³-hybridized carbons (Fsp3) is 0.286. The Morgan fingerprint density at radius 2 is 1.86 bits per heavy atom. The molecule has 0 atom stereocenters. The Morgan fingerprint density at radius 1 is 1.11 bits per heavy atom. The molecule has 0 saturated heterocycles. The highest BCUT2D eigenvalue weighted by Crippen LogP contribution is 2.18. The van der Waals surface area contributed by atoms with Crippen LogP contribution in [0, 0.1) is 19.7 Å². The molecule has 0 radical (unpaired) electrons. The molecule has 6 nitrogen and oxygen atoms in total. The smallest absolute Gasteiger partial charge is 0.273 e. The van der Waals surface area contributed by atoms with E-state index in [1.165, 1.54) is 26.3 Å². The molecule has 2 aromatic rings. The topological polar surface area (TPSA) is 72.3 Å². The van der Waals surface area contributed by atoms with E-state index in [9.17, 15) is 9.18 Å². The number of likely N-dealkylation sites (N-methyl/N-ethyl adjacent to an activating group) is 1. The minimum atomic E-state index is -0.372. The van der Waals surface area contributed by atoms with Crippen molar-refractivity contribution < 1.29 is 18.9 Å². The lowest BCUT2D eigenvalue weighted by atomic mass is 9.98. The van der Waals surface area contributed by atoms with Crippen molar-refractivity contribution in [2.45, 2.75) is 27.4 Å². The van der Waals surface area contributed by atoms with Gasteiger partial charge in [0.15, 0.2) is 5.71 Å². The third-order valence-corrected chi connectivity index (χ3v) is 4.29. The minimum Gasteiger partial charge on any atom is -0.398 e. The van der Waals surface area contributed by atoms with E-state index in [0.717, 1.165) is 16.7 Å². The first-order chi connectivity index (χ1) is 13.4. The fourth-order valence-corrected chi connectivity index (χ4v) is 2.77. The molecule has 1 amide bonds. The molecule has 0 unspecified atom stereocenters. The highest BCUT2D eigenvalue weighted by Gasteiger charge is 2.19. The van der Waals surface area contributed by atoms with Gasteiger partial charge < -0.3 is 15.0 Å². The van der Waals surface area contributed by atoms with Gasteiger partial charge in [0.25, 0.3) is 5.91 Å². The highest BCUT2D eigenvalue weighted by molar-refractivity contribution is 6.45. The summed E-state index contributed by atoms with van der Waals surface area (Å²) in [4.78, 5) is 22.5. The maximum atomic E-state index is 13.5. The zero-order valence-electron chi connectivity index (χ0n) is 16.7. The molecule has 7 heteroatoms. The molecule has 0 aliphatic heterocycles. The number of halogens is 1. The second kappa shape index (κ2) is 9.64. The quantitative estimate of drug-likeness (QED) is 0.586. The van der Waals surface area contributed by atoms with Gasteiger partial charge in [-0.2, -0.15) is 0 Å². The van der Waals surface area contributed by atoms with Crippen LogP contribution in [0.25, 0.3) is 0 Å². The maximum Gasteiger partial charge on any atom is 0.273 e. The Morgan fingerprint density at radius 3 is 2.54 bits per heavy atom. The molecular formula is C21H24FN3O3. The first-order valence-corrected chi connectivity index (χ1v) is 8.74. The van der Waals surface area contributed by atoms with Crippen LogP contribution < -0.4 is 5.32 Å². The number of amides is 1. The van der Waals surface area contributed by atoms with Crippen molar-refractivity contribution in [1.29, 1.82) is 0 Å². The molecule has 2 aromatic carbocycles. The first kappa shape index (κ1) is 21.1. The average Bonchev–Trinajstić information content (AvgIpc) is 2.68. The van der Waals surface area contributed by atoms with Crippen molar-refractivity contribution in [3.63, 3.8) is 0 Å². The normalized spacial score (nSPS) is 11.9. The summed E-state index contributed by atoms with van der Waals surface area (Å²) in [6.45, 7) is 5.66. The number of benzene rings is 2. The van der Waals surface area contributed by atoms with Gasteiger partial charge in [0.05, 0.1) is 5.71 Å². The van der Waals surface area contributed by atoms with Gasteiger partial charge in [0.2, 0.25) is 0 Å². The Hall–Kier alpha value is -3.22. The Bertz CT molecular complexity index is 923. The van der Waals surface area contributed by atoms with Crippen molar-refractivity contribution in [2.24, 2.45) is 10.3 Å². The van der Waals surface area contributed by atoms with Crippen molar-refractivity contribution in [3.05, 3.63) is 70.0 Å². The summed E-state index contributed by atoms with van der Waals surface area (Å²) in [5, 5.41) is 10.5. The number of oxime groups is 2. The molecular weight excluding hydrogens is 361 g/mol. The van der Waals surface area contributed by atoms with Crippen LogP contribution >= 0.6 is 0 Å². The van der Waals surface area contributed by atoms with Crippen molar-refractivity contribution in [2.75, 3.05) is 14.2 Å². The number of nitrogens with one attached hydrogen (secondary N) is 1. The van der Waals surface area contributed by atoms with E-state index in [1.54, 1.807) is 19.1 Å². The van der Waals surface area contributed by atoms with E-state index < -0.39 is 0 Å². The molecule has 0 aliphatic rings. The van der Waals surface area contributed by atoms with E-state index in [-0.39, 0.29) is 24.0 Å². The van der Waals surface area contributed by atoms with E-state index >= 15 is 0 Å². The second-order valence-electron chi connectivity index (χ2n) is 6.21. The lowest BCUT2D eigenvalue weighted by Gasteiger charge is -2.13. The third-order valence-electron chi connectivity index (χ3n) is 4.29. The zero-order valence-corrected chi connectivity index (χ0v) is 16.7. The molecule has 1 N–H and O–H groups in total. The van der Waals surface area contributed by atoms with Crippen LogP contribution in [-0.4, -0.2) is 31.5 Å². The predicted octanol–water partition coefficient (Wildman–Crippen LogP) is 3.48. The number of hydrogen-bond donors (Lipinski definition) is 1. The summed E-state index contributed by atoms with van der Waals surface area (Å²) < 4.78 is 13.5. The predicted molar refractivity (Wildman–Crippen MR) is 107 cm³/mol. The first-order valence-electron chi connectivity index (χ1n) is 8.74. The van der Waals surface area contributed by atoms with Crippen molar-refractivity contribution in [3.8, 4) is 0 Å². The van der Waals surface area contributed by atoms with Crippen molar-refractivity contribution >= 4 is 17.3 Å². The van der Waals surface area contributed by atoms with E-state index in [4.69, 9.17) is 9.68 Å². The number of carbonyl (C=O) groups excluding carboxylic acids is 1. The number of aryl methyl sites for hydroxylation is 2. The zero-order chi connectivity index (χ0) is 20.7. The van der Waals surface area contributed by atoms with Crippen LogP contribution in [-0.2, 0) is 21.1 Å². The Balaban J connectivity index is 2.31. The summed E-state index contributed by atoms with van der Waals surface area (Å²) in [5.74, 6) is -0.703. The monoisotopic (exact) mass is 385 g/mol. The number of rotatable bonds is 7. The van der Waals surface area contributed by atoms with Gasteiger partial charge in [-0.3, -0.25) is 4.79 Å². The molecule has 0 bridgehead atoms. The van der Waals surface area contributed by atoms with Gasteiger partial charge in [-0.15, -0.1) is 0 Å². The molecule has 0 aliphatic carbocycles. The SMILES string of the molecule is CNC(=O)/C(=N/OC)c1cccc(C)c1CO/N=C(\C)c1cc(F)ccc1C. The highest BCUT2D eigenvalue weighted by atomic mass is 19.1. The summed E-state index contributed by atoms with van der Waals surface area (Å²) in [6.07, 6.45) is 0. The molecule has 148 valence electrons. The standard InChI is InChI=1S/C21H24FN3O3/c1-13-7-6-8-17(20(25-27-5)21(26)23-4)19(13)12-28-24-15(3)18-11-16(22)10-9-14(18)2/h6-11H,12H2,1-5H3,(H,23,26)/b24-15+,25-20+. The molecule has 0 heterocycles. The van der Waals surface area contributed by atoms with Gasteiger partial charge in [-0.25, -0.2) is 4.39 Å². The molecule has 0 saturated carbocycles. The Labute approximate surface area is 164 Å². The van der Waals surface area contributed by atoms with Crippen LogP contribution in [0.3, 0.4) is 0 Å². The third kappa shape index (κ3) is 4.94. The molecule has 0 spiro atoms. The van der Waals surface area contributed by atoms with Crippen LogP contribution in [0.1, 0.15) is 34.7 Å². The van der Waals surface area contributed by atoms with E-state index in [2.05, 4.69) is 15.6 Å². The fourth-order valence-electron chi connectivity index (χ4n) is 2.77. The largest absolute Gasteiger partial charge is 0.398 e. The second-order valence-corrected chi connectivity index (χ2v) is 6.21. The van der Waals surface area contributed by atoms with Gasteiger partial charge in [-0.1, -0.05) is 34.6 Å². The van der Waals surface area contributed by atoms with Gasteiger partial charge >= 0.3 is 0 Å². The van der Waals surface area contributed by atoms with Crippen LogP contribution in [0.15, 0.2) is 46.7 Å². The molecule has 0 fully saturated rings. The molecule has 28 heavy (non-hydrogen) atoms. The van der Waals surface area contributed by atoms with Crippen LogP contribution in [0.4, 0.5) is 4.39 Å². The Kier molecular flexibility index (Phi) is 7.26. The van der Waals surface area contributed by atoms with Crippen molar-refractivity contribution in [1.82, 2.24) is 5.32 Å². The summed E-state index contributed by atoms with van der Waals surface area (Å²) in [5.41, 5.74) is 4.55. The molecule has 2 rings (SSSR count). The minimum absolute atomic E-state index is 0.118. The molecule has 0 aromatic heterocycles. The van der Waals surface area contributed by atoms with E-state index in [0.29, 0.717) is 16.8 Å².